The Morgan fingerprint density at radius 2 is 2.32 bits per heavy atom. The first kappa shape index (κ1) is 13.1. The van der Waals surface area contributed by atoms with Gasteiger partial charge in [0.25, 0.3) is 11.7 Å². The molecular weight excluding hydrogens is 246 g/mol. The van der Waals surface area contributed by atoms with Gasteiger partial charge < -0.3 is 9.73 Å². The molecule has 2 heterocycles. The Kier molecular flexibility index (Phi) is 3.79. The Hall–Kier alpha value is -2.37. The van der Waals surface area contributed by atoms with Crippen LogP contribution < -0.4 is 5.32 Å². The van der Waals surface area contributed by atoms with E-state index in [1.54, 1.807) is 6.07 Å². The molecule has 0 saturated carbocycles. The van der Waals surface area contributed by atoms with Gasteiger partial charge in [-0.15, -0.1) is 0 Å². The van der Waals surface area contributed by atoms with Crippen LogP contribution in [0.2, 0.25) is 0 Å². The molecule has 1 amide bonds. The number of H-pyrrole nitrogens is 1. The Morgan fingerprint density at radius 3 is 2.89 bits per heavy atom. The molecule has 0 aromatic carbocycles. The number of amides is 1. The Labute approximate surface area is 110 Å². The van der Waals surface area contributed by atoms with Crippen LogP contribution in [0.15, 0.2) is 28.9 Å². The lowest BCUT2D eigenvalue weighted by atomic mass is 10.1. The van der Waals surface area contributed by atoms with Crippen molar-refractivity contribution in [3.8, 4) is 0 Å². The van der Waals surface area contributed by atoms with Gasteiger partial charge in [-0.25, -0.2) is 0 Å². The lowest BCUT2D eigenvalue weighted by Crippen LogP contribution is -2.38. The van der Waals surface area contributed by atoms with E-state index in [0.717, 1.165) is 11.4 Å². The van der Waals surface area contributed by atoms with E-state index in [4.69, 9.17) is 4.42 Å². The van der Waals surface area contributed by atoms with E-state index in [1.807, 2.05) is 19.9 Å². The highest BCUT2D eigenvalue weighted by Gasteiger charge is 2.20. The zero-order valence-corrected chi connectivity index (χ0v) is 10.8. The van der Waals surface area contributed by atoms with Crippen molar-refractivity contribution in [1.29, 1.82) is 0 Å². The number of hydrogen-bond acceptors (Lipinski definition) is 4. The molecule has 2 aromatic rings. The molecule has 2 rings (SSSR count). The summed E-state index contributed by atoms with van der Waals surface area (Å²) in [5, 5.41) is 9.53. The summed E-state index contributed by atoms with van der Waals surface area (Å²) in [5.74, 6) is -1.30. The summed E-state index contributed by atoms with van der Waals surface area (Å²) >= 11 is 0. The van der Waals surface area contributed by atoms with Gasteiger partial charge in [-0.2, -0.15) is 5.10 Å². The maximum atomic E-state index is 11.7. The SMILES string of the molecule is Cc1cc(CC(C)NC(=O)C(=O)c2ccco2)n[nH]1. The van der Waals surface area contributed by atoms with Gasteiger partial charge >= 0.3 is 0 Å². The fraction of sp³-hybridized carbons (Fsp3) is 0.308. The van der Waals surface area contributed by atoms with Gasteiger partial charge in [0.1, 0.15) is 0 Å². The summed E-state index contributed by atoms with van der Waals surface area (Å²) in [5.41, 5.74) is 1.80. The second-order valence-corrected chi connectivity index (χ2v) is 4.43. The first-order chi connectivity index (χ1) is 9.06. The molecule has 2 aromatic heterocycles. The van der Waals surface area contributed by atoms with Crippen LogP contribution in [0.3, 0.4) is 0 Å². The molecule has 6 nitrogen and oxygen atoms in total. The van der Waals surface area contributed by atoms with Gasteiger partial charge in [0, 0.05) is 18.2 Å². The van der Waals surface area contributed by atoms with Crippen LogP contribution in [0.4, 0.5) is 0 Å². The number of rotatable bonds is 5. The van der Waals surface area contributed by atoms with Gasteiger partial charge in [0.05, 0.1) is 12.0 Å². The molecule has 6 heteroatoms. The minimum Gasteiger partial charge on any atom is -0.461 e. The molecule has 0 aliphatic carbocycles. The van der Waals surface area contributed by atoms with Crippen molar-refractivity contribution >= 4 is 11.7 Å². The molecule has 0 saturated heterocycles. The standard InChI is InChI=1S/C13H15N3O3/c1-8(6-10-7-9(2)15-16-10)14-13(18)12(17)11-4-3-5-19-11/h3-5,7-8H,6H2,1-2H3,(H,14,18)(H,15,16). The van der Waals surface area contributed by atoms with Crippen molar-refractivity contribution in [3.63, 3.8) is 0 Å². The molecule has 19 heavy (non-hydrogen) atoms. The van der Waals surface area contributed by atoms with E-state index in [2.05, 4.69) is 15.5 Å². The Bertz CT molecular complexity index is 572. The molecule has 0 bridgehead atoms. The topological polar surface area (TPSA) is 88.0 Å². The molecule has 2 N–H and O–H groups in total. The van der Waals surface area contributed by atoms with Gasteiger partial charge in [0.15, 0.2) is 5.76 Å². The average Bonchev–Trinajstić information content (AvgIpc) is 2.99. The van der Waals surface area contributed by atoms with Crippen LogP contribution in [0.5, 0.6) is 0 Å². The highest BCUT2D eigenvalue weighted by molar-refractivity contribution is 6.42. The third kappa shape index (κ3) is 3.31. The van der Waals surface area contributed by atoms with E-state index >= 15 is 0 Å². The predicted molar refractivity (Wildman–Crippen MR) is 67.7 cm³/mol. The monoisotopic (exact) mass is 261 g/mol. The van der Waals surface area contributed by atoms with E-state index in [0.29, 0.717) is 6.42 Å². The van der Waals surface area contributed by atoms with Crippen LogP contribution in [-0.2, 0) is 11.2 Å². The van der Waals surface area contributed by atoms with E-state index in [1.165, 1.54) is 12.3 Å². The number of nitrogens with zero attached hydrogens (tertiary/aromatic N) is 1. The summed E-state index contributed by atoms with van der Waals surface area (Å²) in [4.78, 5) is 23.4. The largest absolute Gasteiger partial charge is 0.461 e. The van der Waals surface area contributed by atoms with Crippen molar-refractivity contribution in [2.75, 3.05) is 0 Å². The quantitative estimate of drug-likeness (QED) is 0.626. The fourth-order valence-electron chi connectivity index (χ4n) is 1.75. The van der Waals surface area contributed by atoms with Crippen LogP contribution in [-0.4, -0.2) is 27.9 Å². The molecule has 1 atom stereocenters. The van der Waals surface area contributed by atoms with Gasteiger partial charge in [-0.3, -0.25) is 14.7 Å². The van der Waals surface area contributed by atoms with Crippen molar-refractivity contribution in [2.24, 2.45) is 0 Å². The van der Waals surface area contributed by atoms with Crippen LogP contribution in [0, 0.1) is 6.92 Å². The van der Waals surface area contributed by atoms with Gasteiger partial charge in [-0.1, -0.05) is 0 Å². The Balaban J connectivity index is 1.90. The summed E-state index contributed by atoms with van der Waals surface area (Å²) in [6.45, 7) is 3.72. The number of nitrogens with one attached hydrogen (secondary N) is 2. The van der Waals surface area contributed by atoms with E-state index in [-0.39, 0.29) is 11.8 Å². The first-order valence-electron chi connectivity index (χ1n) is 5.96. The highest BCUT2D eigenvalue weighted by atomic mass is 16.3. The minimum absolute atomic E-state index is 0.0420. The van der Waals surface area contributed by atoms with Crippen LogP contribution in [0.25, 0.3) is 0 Å². The molecule has 0 aliphatic rings. The van der Waals surface area contributed by atoms with Crippen molar-refractivity contribution < 1.29 is 14.0 Å². The zero-order chi connectivity index (χ0) is 13.8. The van der Waals surface area contributed by atoms with Crippen molar-refractivity contribution in [2.45, 2.75) is 26.3 Å². The summed E-state index contributed by atoms with van der Waals surface area (Å²) in [7, 11) is 0. The molecule has 0 aliphatic heterocycles. The van der Waals surface area contributed by atoms with E-state index in [9.17, 15) is 9.59 Å². The second kappa shape index (κ2) is 5.51. The fourth-order valence-corrected chi connectivity index (χ4v) is 1.75. The van der Waals surface area contributed by atoms with Crippen molar-refractivity contribution in [1.82, 2.24) is 15.5 Å². The maximum absolute atomic E-state index is 11.7. The lowest BCUT2D eigenvalue weighted by molar-refractivity contribution is -0.117. The molecule has 0 spiro atoms. The highest BCUT2D eigenvalue weighted by Crippen LogP contribution is 2.04. The zero-order valence-electron chi connectivity index (χ0n) is 10.8. The van der Waals surface area contributed by atoms with Crippen molar-refractivity contribution in [3.05, 3.63) is 41.6 Å². The van der Waals surface area contributed by atoms with Crippen LogP contribution >= 0.6 is 0 Å². The number of carbonyl (C=O) groups excluding carboxylic acids is 2. The molecule has 0 radical (unpaired) electrons. The lowest BCUT2D eigenvalue weighted by Gasteiger charge is -2.10. The maximum Gasteiger partial charge on any atom is 0.295 e. The number of aromatic nitrogens is 2. The predicted octanol–water partition coefficient (Wildman–Crippen LogP) is 1.24. The Morgan fingerprint density at radius 1 is 1.53 bits per heavy atom. The number of ketones is 1. The third-order valence-corrected chi connectivity index (χ3v) is 2.60. The summed E-state index contributed by atoms with van der Waals surface area (Å²) in [6, 6.07) is 4.74. The molecule has 0 fully saturated rings. The number of aryl methyl sites for hydroxylation is 1. The number of carbonyl (C=O) groups is 2. The number of hydrogen-bond donors (Lipinski definition) is 2. The smallest absolute Gasteiger partial charge is 0.295 e. The van der Waals surface area contributed by atoms with Crippen LogP contribution in [0.1, 0.15) is 28.9 Å². The normalized spacial score (nSPS) is 12.1. The molecule has 1 unspecified atom stereocenters. The van der Waals surface area contributed by atoms with Gasteiger partial charge in [0.2, 0.25) is 0 Å². The molecule has 100 valence electrons. The first-order valence-corrected chi connectivity index (χ1v) is 5.96. The van der Waals surface area contributed by atoms with Gasteiger partial charge in [-0.05, 0) is 32.0 Å². The third-order valence-electron chi connectivity index (χ3n) is 2.60. The molecular formula is C13H15N3O3. The number of furan rings is 1. The minimum atomic E-state index is -0.672. The number of Topliss-reactive ketones (excluding diaryl/α,β-unsaturated/α-hetero) is 1. The summed E-state index contributed by atoms with van der Waals surface area (Å²) in [6.07, 6.45) is 1.91. The average molecular weight is 261 g/mol. The second-order valence-electron chi connectivity index (χ2n) is 4.43. The summed E-state index contributed by atoms with van der Waals surface area (Å²) < 4.78 is 4.89. The van der Waals surface area contributed by atoms with E-state index < -0.39 is 11.7 Å². The number of aromatic amines is 1.